The Bertz CT molecular complexity index is 215. The third-order valence-corrected chi connectivity index (χ3v) is 2.75. The van der Waals surface area contributed by atoms with Gasteiger partial charge in [0.2, 0.25) is 0 Å². The number of nitrogens with one attached hydrogen (secondary N) is 1. The quantitative estimate of drug-likeness (QED) is 0.591. The SMILES string of the molecule is Cl.Cl.NC1CNC2(C(=O)O)CC2C1. The topological polar surface area (TPSA) is 75.3 Å². The third-order valence-electron chi connectivity index (χ3n) is 2.75. The summed E-state index contributed by atoms with van der Waals surface area (Å²) in [6.07, 6.45) is 1.62. The summed E-state index contributed by atoms with van der Waals surface area (Å²) in [5.74, 6) is -0.432. The van der Waals surface area contributed by atoms with E-state index >= 15 is 0 Å². The van der Waals surface area contributed by atoms with Gasteiger partial charge in [-0.25, -0.2) is 0 Å². The Balaban J connectivity index is 0.000000720. The van der Waals surface area contributed by atoms with Crippen molar-refractivity contribution >= 4 is 30.8 Å². The zero-order valence-electron chi connectivity index (χ0n) is 7.03. The maximum Gasteiger partial charge on any atom is 0.324 e. The van der Waals surface area contributed by atoms with Crippen LogP contribution < -0.4 is 11.1 Å². The lowest BCUT2D eigenvalue weighted by Crippen LogP contribution is -2.51. The number of hydrogen-bond donors (Lipinski definition) is 3. The van der Waals surface area contributed by atoms with Crippen LogP contribution in [0.2, 0.25) is 0 Å². The number of aliphatic carboxylic acids is 1. The average molecular weight is 229 g/mol. The molecule has 1 saturated heterocycles. The molecule has 1 aliphatic carbocycles. The minimum absolute atomic E-state index is 0. The Hall–Kier alpha value is -0.0300. The second-order valence-electron chi connectivity index (χ2n) is 3.55. The lowest BCUT2D eigenvalue weighted by Gasteiger charge is -2.24. The largest absolute Gasteiger partial charge is 0.480 e. The summed E-state index contributed by atoms with van der Waals surface area (Å²) in [5, 5.41) is 11.8. The normalized spacial score (nSPS) is 40.7. The van der Waals surface area contributed by atoms with Crippen molar-refractivity contribution in [1.29, 1.82) is 0 Å². The van der Waals surface area contributed by atoms with Crippen LogP contribution in [0.3, 0.4) is 0 Å². The predicted molar refractivity (Wildman–Crippen MR) is 53.6 cm³/mol. The third kappa shape index (κ3) is 1.91. The zero-order valence-corrected chi connectivity index (χ0v) is 8.66. The summed E-state index contributed by atoms with van der Waals surface area (Å²) < 4.78 is 0. The van der Waals surface area contributed by atoms with Gasteiger partial charge in [-0.1, -0.05) is 0 Å². The molecule has 6 heteroatoms. The van der Waals surface area contributed by atoms with Gasteiger partial charge in [0.05, 0.1) is 0 Å². The number of hydrogen-bond acceptors (Lipinski definition) is 3. The van der Waals surface area contributed by atoms with E-state index in [0.29, 0.717) is 6.54 Å². The van der Waals surface area contributed by atoms with Crippen molar-refractivity contribution in [3.63, 3.8) is 0 Å². The van der Waals surface area contributed by atoms with E-state index in [-0.39, 0.29) is 36.8 Å². The van der Waals surface area contributed by atoms with E-state index in [9.17, 15) is 4.79 Å². The first-order valence-corrected chi connectivity index (χ1v) is 3.89. The predicted octanol–water partition coefficient (Wildman–Crippen LogP) is -0.00610. The number of fused-ring (bicyclic) bond motifs is 1. The Morgan fingerprint density at radius 3 is 2.62 bits per heavy atom. The fraction of sp³-hybridized carbons (Fsp3) is 0.857. The molecule has 4 nitrogen and oxygen atoms in total. The van der Waals surface area contributed by atoms with Crippen molar-refractivity contribution in [3.8, 4) is 0 Å². The van der Waals surface area contributed by atoms with E-state index in [1.165, 1.54) is 0 Å². The molecule has 4 N–H and O–H groups in total. The van der Waals surface area contributed by atoms with Gasteiger partial charge in [0.15, 0.2) is 0 Å². The molecule has 0 aromatic heterocycles. The van der Waals surface area contributed by atoms with Gasteiger partial charge in [-0.3, -0.25) is 4.79 Å². The van der Waals surface area contributed by atoms with Crippen molar-refractivity contribution in [2.24, 2.45) is 11.7 Å². The van der Waals surface area contributed by atoms with Gasteiger partial charge < -0.3 is 16.2 Å². The van der Waals surface area contributed by atoms with Crippen LogP contribution in [0.5, 0.6) is 0 Å². The van der Waals surface area contributed by atoms with Crippen molar-refractivity contribution in [1.82, 2.24) is 5.32 Å². The molecule has 0 radical (unpaired) electrons. The zero-order chi connectivity index (χ0) is 8.06. The van der Waals surface area contributed by atoms with Crippen LogP contribution in [0.15, 0.2) is 0 Å². The van der Waals surface area contributed by atoms with E-state index in [0.717, 1.165) is 12.8 Å². The summed E-state index contributed by atoms with van der Waals surface area (Å²) in [4.78, 5) is 10.7. The van der Waals surface area contributed by atoms with Crippen LogP contribution in [-0.2, 0) is 4.79 Å². The molecule has 78 valence electrons. The highest BCUT2D eigenvalue weighted by molar-refractivity contribution is 5.85. The van der Waals surface area contributed by atoms with Gasteiger partial charge >= 0.3 is 5.97 Å². The van der Waals surface area contributed by atoms with E-state index in [1.54, 1.807) is 0 Å². The second-order valence-corrected chi connectivity index (χ2v) is 3.55. The van der Waals surface area contributed by atoms with Crippen molar-refractivity contribution < 1.29 is 9.90 Å². The summed E-state index contributed by atoms with van der Waals surface area (Å²) in [6.45, 7) is 0.642. The summed E-state index contributed by atoms with van der Waals surface area (Å²) in [6, 6.07) is 0.148. The minimum Gasteiger partial charge on any atom is -0.480 e. The first-order valence-electron chi connectivity index (χ1n) is 3.89. The number of rotatable bonds is 1. The lowest BCUT2D eigenvalue weighted by molar-refractivity contribution is -0.141. The Morgan fingerprint density at radius 1 is 1.54 bits per heavy atom. The second kappa shape index (κ2) is 4.00. The molecule has 1 saturated carbocycles. The van der Waals surface area contributed by atoms with Crippen molar-refractivity contribution in [2.75, 3.05) is 6.54 Å². The Morgan fingerprint density at radius 2 is 2.15 bits per heavy atom. The number of piperidine rings is 1. The van der Waals surface area contributed by atoms with E-state index in [1.807, 2.05) is 0 Å². The highest BCUT2D eigenvalue weighted by atomic mass is 35.5. The lowest BCUT2D eigenvalue weighted by atomic mass is 10.0. The molecule has 0 amide bonds. The Kier molecular flexibility index (Phi) is 3.99. The van der Waals surface area contributed by atoms with E-state index < -0.39 is 11.5 Å². The van der Waals surface area contributed by atoms with Crippen LogP contribution in [-0.4, -0.2) is 29.2 Å². The van der Waals surface area contributed by atoms with Gasteiger partial charge in [0, 0.05) is 12.6 Å². The highest BCUT2D eigenvalue weighted by Crippen LogP contribution is 2.48. The van der Waals surface area contributed by atoms with Crippen LogP contribution in [0, 0.1) is 5.92 Å². The average Bonchev–Trinajstić information content (AvgIpc) is 2.62. The first kappa shape index (κ1) is 13.0. The summed E-state index contributed by atoms with van der Waals surface area (Å²) in [7, 11) is 0. The number of carboxylic acid groups (broad SMARTS) is 1. The van der Waals surface area contributed by atoms with E-state index in [2.05, 4.69) is 5.32 Å². The summed E-state index contributed by atoms with van der Waals surface area (Å²) >= 11 is 0. The fourth-order valence-corrected chi connectivity index (χ4v) is 1.93. The monoisotopic (exact) mass is 228 g/mol. The van der Waals surface area contributed by atoms with Gasteiger partial charge in [0.25, 0.3) is 0 Å². The van der Waals surface area contributed by atoms with Crippen LogP contribution in [0.4, 0.5) is 0 Å². The van der Waals surface area contributed by atoms with Gasteiger partial charge in [0.1, 0.15) is 5.54 Å². The molecule has 0 aromatic carbocycles. The number of halogens is 2. The molecule has 3 unspecified atom stereocenters. The number of nitrogens with two attached hydrogens (primary N) is 1. The maximum absolute atomic E-state index is 10.7. The molecule has 2 fully saturated rings. The highest BCUT2D eigenvalue weighted by Gasteiger charge is 2.62. The molecule has 13 heavy (non-hydrogen) atoms. The van der Waals surface area contributed by atoms with E-state index in [4.69, 9.17) is 10.8 Å². The van der Waals surface area contributed by atoms with Crippen LogP contribution >= 0.6 is 24.8 Å². The van der Waals surface area contributed by atoms with Gasteiger partial charge in [-0.05, 0) is 18.8 Å². The molecule has 0 bridgehead atoms. The molecule has 0 aromatic rings. The standard InChI is InChI=1S/C7H12N2O2.2ClH/c8-5-1-4-2-7(4,6(10)11)9-3-5;;/h4-5,9H,1-3,8H2,(H,10,11);2*1H. The summed E-state index contributed by atoms with van der Waals surface area (Å²) in [5.41, 5.74) is 5.07. The Labute approximate surface area is 89.1 Å². The molecule has 1 aliphatic heterocycles. The van der Waals surface area contributed by atoms with Crippen molar-refractivity contribution in [3.05, 3.63) is 0 Å². The van der Waals surface area contributed by atoms with Crippen LogP contribution in [0.1, 0.15) is 12.8 Å². The molecular formula is C7H14Cl2N2O2. The smallest absolute Gasteiger partial charge is 0.324 e. The molecule has 3 atom stereocenters. The first-order chi connectivity index (χ1) is 5.15. The fourth-order valence-electron chi connectivity index (χ4n) is 1.93. The molecule has 0 spiro atoms. The number of carbonyl (C=O) groups is 1. The van der Waals surface area contributed by atoms with Crippen LogP contribution in [0.25, 0.3) is 0 Å². The minimum atomic E-state index is -0.714. The molecule has 2 aliphatic rings. The maximum atomic E-state index is 10.7. The van der Waals surface area contributed by atoms with Gasteiger partial charge in [-0.15, -0.1) is 24.8 Å². The molecular weight excluding hydrogens is 215 g/mol. The van der Waals surface area contributed by atoms with Gasteiger partial charge in [-0.2, -0.15) is 0 Å². The van der Waals surface area contributed by atoms with Crippen molar-refractivity contribution in [2.45, 2.75) is 24.4 Å². The molecule has 2 rings (SSSR count). The number of carboxylic acids is 1. The molecule has 1 heterocycles.